The van der Waals surface area contributed by atoms with Crippen LogP contribution in [0, 0.1) is 0 Å². The topological polar surface area (TPSA) is 43.8 Å². The third-order valence-electron chi connectivity index (χ3n) is 4.05. The molecule has 4 nitrogen and oxygen atoms in total. The molecule has 7 heteroatoms. The molecule has 0 unspecified atom stereocenters. The molecule has 1 heterocycles. The number of hydrogen-bond acceptors (Lipinski definition) is 4. The van der Waals surface area contributed by atoms with Gasteiger partial charge in [-0.15, -0.1) is 24.2 Å². The van der Waals surface area contributed by atoms with E-state index in [1.165, 1.54) is 4.90 Å². The van der Waals surface area contributed by atoms with Crippen LogP contribution in [0.4, 0.5) is 0 Å². The number of carboxylic acid groups (broad SMARTS) is 1. The highest BCUT2D eigenvalue weighted by Gasteiger charge is 2.23. The van der Waals surface area contributed by atoms with Crippen LogP contribution in [0.2, 0.25) is 5.02 Å². The summed E-state index contributed by atoms with van der Waals surface area (Å²) in [6.07, 6.45) is 2.10. The molecule has 2 rings (SSSR count). The van der Waals surface area contributed by atoms with E-state index >= 15 is 0 Å². The van der Waals surface area contributed by atoms with Crippen LogP contribution in [0.25, 0.3) is 0 Å². The summed E-state index contributed by atoms with van der Waals surface area (Å²) in [4.78, 5) is 16.4. The highest BCUT2D eigenvalue weighted by atomic mass is 35.5. The number of likely N-dealkylation sites (N-methyl/N-ethyl adjacent to an activating group) is 1. The Morgan fingerprint density at radius 2 is 1.96 bits per heavy atom. The molecule has 1 aromatic rings. The van der Waals surface area contributed by atoms with Crippen LogP contribution in [0.3, 0.4) is 0 Å². The summed E-state index contributed by atoms with van der Waals surface area (Å²) in [6, 6.07) is 8.36. The number of piperidine rings is 1. The van der Waals surface area contributed by atoms with E-state index in [1.54, 1.807) is 0 Å². The molecule has 1 aliphatic rings. The third kappa shape index (κ3) is 7.31. The number of nitrogens with zero attached hydrogens (tertiary/aromatic N) is 2. The molecule has 1 aromatic carbocycles. The molecule has 0 atom stereocenters. The predicted octanol–water partition coefficient (Wildman–Crippen LogP) is 3.33. The van der Waals surface area contributed by atoms with Crippen molar-refractivity contribution in [2.24, 2.45) is 0 Å². The molecule has 1 N–H and O–H groups in total. The van der Waals surface area contributed by atoms with E-state index in [2.05, 4.69) is 17.0 Å². The largest absolute Gasteiger partial charge is 0.480 e. The maximum atomic E-state index is 10.8. The second-order valence-electron chi connectivity index (χ2n) is 5.68. The van der Waals surface area contributed by atoms with Crippen molar-refractivity contribution in [1.29, 1.82) is 0 Å². The Morgan fingerprint density at radius 1 is 1.35 bits per heavy atom. The van der Waals surface area contributed by atoms with Gasteiger partial charge in [-0.25, -0.2) is 0 Å². The molecule has 0 amide bonds. The summed E-state index contributed by atoms with van der Waals surface area (Å²) < 4.78 is 0. The van der Waals surface area contributed by atoms with E-state index in [0.717, 1.165) is 43.3 Å². The van der Waals surface area contributed by atoms with E-state index < -0.39 is 5.97 Å². The summed E-state index contributed by atoms with van der Waals surface area (Å²) in [5.74, 6) is 0.321. The van der Waals surface area contributed by atoms with Crippen LogP contribution in [0.1, 0.15) is 12.8 Å². The zero-order valence-corrected chi connectivity index (χ0v) is 15.7. The Morgan fingerprint density at radius 3 is 2.52 bits per heavy atom. The quantitative estimate of drug-likeness (QED) is 0.737. The first kappa shape index (κ1) is 20.6. The third-order valence-corrected chi connectivity index (χ3v) is 5.30. The molecule has 1 fully saturated rings. The van der Waals surface area contributed by atoms with Gasteiger partial charge in [0.1, 0.15) is 0 Å². The van der Waals surface area contributed by atoms with Crippen LogP contribution in [0.5, 0.6) is 0 Å². The smallest absolute Gasteiger partial charge is 0.317 e. The molecule has 130 valence electrons. The van der Waals surface area contributed by atoms with Crippen molar-refractivity contribution in [3.8, 4) is 0 Å². The zero-order chi connectivity index (χ0) is 15.9. The Bertz CT molecular complexity index is 479. The van der Waals surface area contributed by atoms with Crippen LogP contribution in [0.15, 0.2) is 29.2 Å². The van der Waals surface area contributed by atoms with Gasteiger partial charge in [-0.05, 0) is 57.2 Å². The Kier molecular flexibility index (Phi) is 9.32. The molecule has 1 aliphatic heterocycles. The Labute approximate surface area is 153 Å². The number of thioether (sulfide) groups is 1. The number of carboxylic acids is 1. The van der Waals surface area contributed by atoms with Crippen LogP contribution in [-0.2, 0) is 4.79 Å². The number of likely N-dealkylation sites (tertiary alicyclic amines) is 1. The number of hydrogen-bond donors (Lipinski definition) is 1. The molecule has 0 radical (unpaired) electrons. The molecule has 0 bridgehead atoms. The first-order valence-corrected chi connectivity index (χ1v) is 8.93. The van der Waals surface area contributed by atoms with Gasteiger partial charge in [-0.3, -0.25) is 9.69 Å². The monoisotopic (exact) mass is 378 g/mol. The first-order chi connectivity index (χ1) is 10.5. The van der Waals surface area contributed by atoms with E-state index in [9.17, 15) is 4.79 Å². The summed E-state index contributed by atoms with van der Waals surface area (Å²) in [5, 5.41) is 9.62. The van der Waals surface area contributed by atoms with E-state index in [0.29, 0.717) is 6.04 Å². The Hall–Kier alpha value is -0.460. The fourth-order valence-electron chi connectivity index (χ4n) is 2.75. The van der Waals surface area contributed by atoms with Crippen molar-refractivity contribution in [1.82, 2.24) is 9.80 Å². The van der Waals surface area contributed by atoms with E-state index in [-0.39, 0.29) is 19.0 Å². The van der Waals surface area contributed by atoms with Gasteiger partial charge in [0.25, 0.3) is 0 Å². The summed E-state index contributed by atoms with van der Waals surface area (Å²) in [6.45, 7) is 3.31. The number of benzene rings is 1. The fraction of sp³-hybridized carbons (Fsp3) is 0.562. The van der Waals surface area contributed by atoms with Gasteiger partial charge in [0.2, 0.25) is 0 Å². The minimum atomic E-state index is -0.746. The highest BCUT2D eigenvalue weighted by molar-refractivity contribution is 7.99. The van der Waals surface area contributed by atoms with Crippen LogP contribution in [-0.4, -0.2) is 65.9 Å². The van der Waals surface area contributed by atoms with Crippen molar-refractivity contribution in [3.63, 3.8) is 0 Å². The average Bonchev–Trinajstić information content (AvgIpc) is 2.49. The second kappa shape index (κ2) is 10.4. The van der Waals surface area contributed by atoms with Crippen LogP contribution >= 0.6 is 35.8 Å². The normalized spacial score (nSPS) is 16.3. The summed E-state index contributed by atoms with van der Waals surface area (Å²) in [5.41, 5.74) is 0. The van der Waals surface area contributed by atoms with Crippen molar-refractivity contribution >= 4 is 41.7 Å². The average molecular weight is 379 g/mol. The lowest BCUT2D eigenvalue weighted by Gasteiger charge is -2.36. The van der Waals surface area contributed by atoms with Gasteiger partial charge in [-0.1, -0.05) is 11.6 Å². The lowest BCUT2D eigenvalue weighted by atomic mass is 10.0. The lowest BCUT2D eigenvalue weighted by Crippen LogP contribution is -2.45. The fourth-order valence-corrected chi connectivity index (χ4v) is 3.79. The van der Waals surface area contributed by atoms with Gasteiger partial charge < -0.3 is 10.0 Å². The van der Waals surface area contributed by atoms with Gasteiger partial charge >= 0.3 is 5.97 Å². The first-order valence-electron chi connectivity index (χ1n) is 7.57. The number of aliphatic carboxylic acids is 1. The molecular formula is C16H24Cl2N2O2S. The van der Waals surface area contributed by atoms with Crippen molar-refractivity contribution in [2.75, 3.05) is 39.0 Å². The number of rotatable bonds is 7. The molecule has 23 heavy (non-hydrogen) atoms. The molecule has 1 saturated heterocycles. The standard InChI is InChI=1S/C16H23ClN2O2S.ClH/c1-18(12-16(20)21)14-6-8-19(9-7-14)10-11-22-15-4-2-13(17)3-5-15;/h2-5,14H,6-12H2,1H3,(H,20,21);1H. The molecule has 0 aromatic heterocycles. The molecule has 0 aliphatic carbocycles. The second-order valence-corrected chi connectivity index (χ2v) is 7.29. The molecular weight excluding hydrogens is 355 g/mol. The number of carbonyl (C=O) groups is 1. The molecule has 0 saturated carbocycles. The number of halogens is 2. The van der Waals surface area contributed by atoms with Crippen LogP contribution < -0.4 is 0 Å². The maximum absolute atomic E-state index is 10.8. The van der Waals surface area contributed by atoms with Gasteiger partial charge in [-0.2, -0.15) is 0 Å². The van der Waals surface area contributed by atoms with Gasteiger partial charge in [0.05, 0.1) is 6.54 Å². The minimum absolute atomic E-state index is 0. The molecule has 0 spiro atoms. The summed E-state index contributed by atoms with van der Waals surface area (Å²) in [7, 11) is 1.91. The van der Waals surface area contributed by atoms with Gasteiger partial charge in [0.15, 0.2) is 0 Å². The predicted molar refractivity (Wildman–Crippen MR) is 99.2 cm³/mol. The van der Waals surface area contributed by atoms with E-state index in [1.807, 2.05) is 35.8 Å². The van der Waals surface area contributed by atoms with Crippen molar-refractivity contribution < 1.29 is 9.90 Å². The summed E-state index contributed by atoms with van der Waals surface area (Å²) >= 11 is 7.73. The van der Waals surface area contributed by atoms with Crippen molar-refractivity contribution in [3.05, 3.63) is 29.3 Å². The van der Waals surface area contributed by atoms with E-state index in [4.69, 9.17) is 16.7 Å². The van der Waals surface area contributed by atoms with Gasteiger partial charge in [0, 0.05) is 28.3 Å². The highest BCUT2D eigenvalue weighted by Crippen LogP contribution is 2.21. The SMILES string of the molecule is CN(CC(=O)O)C1CCN(CCSc2ccc(Cl)cc2)CC1.Cl. The maximum Gasteiger partial charge on any atom is 0.317 e. The zero-order valence-electron chi connectivity index (χ0n) is 13.3. The Balaban J connectivity index is 0.00000264. The van der Waals surface area contributed by atoms with Crippen molar-refractivity contribution in [2.45, 2.75) is 23.8 Å². The minimum Gasteiger partial charge on any atom is -0.480 e. The lowest BCUT2D eigenvalue weighted by molar-refractivity contribution is -0.138.